The van der Waals surface area contributed by atoms with Gasteiger partial charge in [-0.3, -0.25) is 19.2 Å². The molecule has 4 aromatic carbocycles. The predicted molar refractivity (Wildman–Crippen MR) is 295 cm³/mol. The first-order valence-electron chi connectivity index (χ1n) is 27.3. The van der Waals surface area contributed by atoms with Gasteiger partial charge in [-0.1, -0.05) is 134 Å². The Balaban J connectivity index is 1.40. The third-order valence-corrected chi connectivity index (χ3v) is 15.2. The van der Waals surface area contributed by atoms with Gasteiger partial charge in [0.15, 0.2) is 43.3 Å². The molecule has 0 aliphatic carbocycles. The highest BCUT2D eigenvalue weighted by Gasteiger charge is 2.59. The Labute approximate surface area is 482 Å². The zero-order valence-electron chi connectivity index (χ0n) is 47.4. The number of aliphatic hydroxyl groups is 1. The molecule has 3 aliphatic rings. The van der Waals surface area contributed by atoms with Crippen LogP contribution in [0.15, 0.2) is 126 Å². The van der Waals surface area contributed by atoms with E-state index in [4.69, 9.17) is 66.3 Å². The Morgan fingerprint density at radius 3 is 1.51 bits per heavy atom. The third kappa shape index (κ3) is 18.9. The number of nitrogens with zero attached hydrogens (tertiary/aromatic N) is 3. The fourth-order valence-corrected chi connectivity index (χ4v) is 10.3. The van der Waals surface area contributed by atoms with Crippen LogP contribution in [-0.2, 0) is 105 Å². The molecule has 83 heavy (non-hydrogen) atoms. The highest BCUT2D eigenvalue weighted by Crippen LogP contribution is 2.39. The second kappa shape index (κ2) is 31.3. The molecule has 0 aromatic heterocycles. The molecule has 0 unspecified atom stereocenters. The molecule has 24 heteroatoms. The molecule has 4 aromatic rings. The lowest BCUT2D eigenvalue weighted by Crippen LogP contribution is -2.68. The van der Waals surface area contributed by atoms with Crippen LogP contribution in [0.25, 0.3) is 10.4 Å². The lowest BCUT2D eigenvalue weighted by Gasteiger charge is -2.51. The average Bonchev–Trinajstić information content (AvgIpc) is 3.57. The van der Waals surface area contributed by atoms with Gasteiger partial charge in [0.2, 0.25) is 0 Å². The molecule has 15 atom stereocenters. The maximum atomic E-state index is 14.7. The summed E-state index contributed by atoms with van der Waals surface area (Å²) in [7, 11) is -1.72. The minimum atomic E-state index is -1.81. The summed E-state index contributed by atoms with van der Waals surface area (Å²) in [6.45, 7) is 9.42. The fraction of sp³-hybridized carbons (Fsp3) is 0.508. The van der Waals surface area contributed by atoms with Gasteiger partial charge in [-0.2, -0.15) is 0 Å². The fourth-order valence-electron chi connectivity index (χ4n) is 9.57. The van der Waals surface area contributed by atoms with E-state index >= 15 is 0 Å². The molecule has 0 radical (unpaired) electrons. The molecule has 0 saturated carbocycles. The van der Waals surface area contributed by atoms with Gasteiger partial charge in [0, 0.05) is 47.3 Å². The summed E-state index contributed by atoms with van der Waals surface area (Å²) < 4.78 is 89.6. The van der Waals surface area contributed by atoms with E-state index in [-0.39, 0.29) is 38.6 Å². The first-order chi connectivity index (χ1) is 39.9. The number of carbonyl (C=O) groups excluding carboxylic acids is 5. The van der Waals surface area contributed by atoms with E-state index in [1.54, 1.807) is 42.5 Å². The third-order valence-electron chi connectivity index (χ3n) is 13.5. The van der Waals surface area contributed by atoms with Crippen molar-refractivity contribution < 1.29 is 95.4 Å². The molecule has 3 heterocycles. The van der Waals surface area contributed by atoms with Crippen LogP contribution < -0.4 is 0 Å². The summed E-state index contributed by atoms with van der Waals surface area (Å²) >= 11 is 0. The standard InChI is InChI=1S/C59H73N3O20Si/c1-36(64)71-35-46-50(74-37(2)65)53(75-38(3)66)55(76-39(4)67)59(79-46)81-49-45(34-69-31-40-20-12-8-13-21-40)78-58(54(80-56(68)43-26-18-11-19-27-43)52(49)73-33-42-24-16-10-17-25-42)82-51-47(61-62-60)57(70-28-29-83(5,6)7)77-44(30-63)48(51)72-32-41-22-14-9-15-23-41/h8-27,44-55,57-59,63H,28-35H2,1-7H3/t44-,45-,46-,47-,48+,49+,50+,51-,52+,53+,54-,55-,57+,58+,59+/m1/s1. The minimum absolute atomic E-state index is 0.0298. The molecule has 3 saturated heterocycles. The van der Waals surface area contributed by atoms with Crippen LogP contribution in [0.4, 0.5) is 0 Å². The number of ether oxygens (including phenoxy) is 14. The smallest absolute Gasteiger partial charge is 0.338 e. The molecule has 3 aliphatic heterocycles. The van der Waals surface area contributed by atoms with E-state index in [1.807, 2.05) is 66.7 Å². The van der Waals surface area contributed by atoms with Crippen molar-refractivity contribution in [1.29, 1.82) is 0 Å². The number of hydrogen-bond donors (Lipinski definition) is 1. The molecule has 448 valence electrons. The Hall–Kier alpha value is -6.64. The molecular weight excluding hydrogens is 1100 g/mol. The molecule has 0 spiro atoms. The van der Waals surface area contributed by atoms with Crippen molar-refractivity contribution in [2.75, 3.05) is 26.4 Å². The van der Waals surface area contributed by atoms with E-state index < -0.39 is 143 Å². The summed E-state index contributed by atoms with van der Waals surface area (Å²) in [5, 5.41) is 15.3. The predicted octanol–water partition coefficient (Wildman–Crippen LogP) is 6.93. The van der Waals surface area contributed by atoms with Crippen molar-refractivity contribution in [1.82, 2.24) is 0 Å². The van der Waals surface area contributed by atoms with Gasteiger partial charge >= 0.3 is 29.8 Å². The lowest BCUT2D eigenvalue weighted by molar-refractivity contribution is -0.378. The van der Waals surface area contributed by atoms with Crippen LogP contribution in [0.3, 0.4) is 0 Å². The summed E-state index contributed by atoms with van der Waals surface area (Å²) in [6.07, 6.45) is -21.1. The highest BCUT2D eigenvalue weighted by molar-refractivity contribution is 6.76. The molecule has 0 amide bonds. The van der Waals surface area contributed by atoms with Gasteiger partial charge in [-0.05, 0) is 40.4 Å². The average molecular weight is 1170 g/mol. The van der Waals surface area contributed by atoms with Crippen LogP contribution in [0.2, 0.25) is 25.7 Å². The minimum Gasteiger partial charge on any atom is -0.463 e. The van der Waals surface area contributed by atoms with Crippen LogP contribution in [-0.4, -0.2) is 162 Å². The summed E-state index contributed by atoms with van der Waals surface area (Å²) in [4.78, 5) is 69.1. The zero-order chi connectivity index (χ0) is 59.5. The number of carbonyl (C=O) groups is 5. The Bertz CT molecular complexity index is 2740. The highest BCUT2D eigenvalue weighted by atomic mass is 28.3. The van der Waals surface area contributed by atoms with E-state index in [0.29, 0.717) is 11.6 Å². The van der Waals surface area contributed by atoms with Gasteiger partial charge in [-0.25, -0.2) is 4.79 Å². The Morgan fingerprint density at radius 1 is 0.518 bits per heavy atom. The molecule has 0 bridgehead atoms. The van der Waals surface area contributed by atoms with Crippen LogP contribution in [0.5, 0.6) is 0 Å². The first-order valence-corrected chi connectivity index (χ1v) is 31.0. The number of rotatable bonds is 27. The van der Waals surface area contributed by atoms with Crippen LogP contribution in [0, 0.1) is 0 Å². The molecule has 23 nitrogen and oxygen atoms in total. The number of hydrogen-bond acceptors (Lipinski definition) is 21. The second-order valence-electron chi connectivity index (χ2n) is 21.2. The maximum Gasteiger partial charge on any atom is 0.338 e. The summed E-state index contributed by atoms with van der Waals surface area (Å²) in [6, 6.07) is 34.8. The van der Waals surface area contributed by atoms with E-state index in [9.17, 15) is 34.6 Å². The second-order valence-corrected chi connectivity index (χ2v) is 26.8. The van der Waals surface area contributed by atoms with Gasteiger partial charge < -0.3 is 71.4 Å². The molecule has 7 rings (SSSR count). The van der Waals surface area contributed by atoms with E-state index in [2.05, 4.69) is 29.7 Å². The number of azide groups is 1. The monoisotopic (exact) mass is 1170 g/mol. The topological polar surface area (TPSA) is 284 Å². The van der Waals surface area contributed by atoms with Crippen molar-refractivity contribution in [2.24, 2.45) is 5.11 Å². The van der Waals surface area contributed by atoms with Crippen LogP contribution >= 0.6 is 0 Å². The Morgan fingerprint density at radius 2 is 0.988 bits per heavy atom. The number of benzene rings is 4. The largest absolute Gasteiger partial charge is 0.463 e. The zero-order valence-corrected chi connectivity index (χ0v) is 48.4. The molecular formula is C59H73N3O20Si. The van der Waals surface area contributed by atoms with Crippen molar-refractivity contribution in [3.05, 3.63) is 154 Å². The van der Waals surface area contributed by atoms with Gasteiger partial charge in [0.25, 0.3) is 0 Å². The van der Waals surface area contributed by atoms with Crippen molar-refractivity contribution in [3.8, 4) is 0 Å². The van der Waals surface area contributed by atoms with E-state index in [0.717, 1.165) is 38.8 Å². The normalized spacial score (nSPS) is 27.9. The number of esters is 5. The number of aliphatic hydroxyl groups excluding tert-OH is 1. The lowest BCUT2D eigenvalue weighted by atomic mass is 9.94. The molecule has 3 fully saturated rings. The van der Waals surface area contributed by atoms with Crippen molar-refractivity contribution in [3.63, 3.8) is 0 Å². The van der Waals surface area contributed by atoms with Gasteiger partial charge in [0.1, 0.15) is 55.4 Å². The van der Waals surface area contributed by atoms with Gasteiger partial charge in [0.05, 0.1) is 38.6 Å². The quantitative estimate of drug-likeness (QED) is 0.0158. The van der Waals surface area contributed by atoms with E-state index in [1.165, 1.54) is 12.1 Å². The van der Waals surface area contributed by atoms with Crippen LogP contribution in [0.1, 0.15) is 54.7 Å². The SMILES string of the molecule is CC(=O)OC[C@H]1O[C@@H](O[C@@H]2[C@H](OCc3ccccc3)[C@@H](OC(=O)c3ccccc3)[C@H](O[C@@H]3[C@@H](N=[N+]=[N-])[C@@H](OCC[Si](C)(C)C)O[C@H](CO)[C@@H]3OCc3ccccc3)O[C@@H]2COCc2ccccc2)[C@H](OC(C)=O)[C@@H](OC(C)=O)[C@H]1OC(C)=O. The maximum absolute atomic E-state index is 14.7. The van der Waals surface area contributed by atoms with Crippen molar-refractivity contribution in [2.45, 2.75) is 165 Å². The summed E-state index contributed by atoms with van der Waals surface area (Å²) in [5.74, 6) is -4.24. The van der Waals surface area contributed by atoms with Crippen molar-refractivity contribution >= 4 is 37.9 Å². The van der Waals surface area contributed by atoms with Gasteiger partial charge in [-0.15, -0.1) is 0 Å². The first kappa shape index (κ1) is 63.9. The summed E-state index contributed by atoms with van der Waals surface area (Å²) in [5.41, 5.74) is 12.6. The Kier molecular flexibility index (Phi) is 24.1. The molecule has 1 N–H and O–H groups in total.